The van der Waals surface area contributed by atoms with E-state index < -0.39 is 0 Å². The first kappa shape index (κ1) is 8.21. The lowest BCUT2D eigenvalue weighted by Crippen LogP contribution is -2.36. The van der Waals surface area contributed by atoms with Gasteiger partial charge in [-0.15, -0.1) is 0 Å². The molecular formula is C10H17NO2. The zero-order valence-electron chi connectivity index (χ0n) is 7.85. The standard InChI is InChI=1S/C10H17NO2/c12-9-5-11(13-6-9)10-4-7-1-2-8(10)3-7/h7-10,12H,1-6H2/t7?,8?,9-,10?/m0/s1. The van der Waals surface area contributed by atoms with Crippen molar-refractivity contribution in [1.29, 1.82) is 0 Å². The lowest BCUT2D eigenvalue weighted by Gasteiger charge is -2.29. The molecule has 1 N–H and O–H groups in total. The highest BCUT2D eigenvalue weighted by Crippen LogP contribution is 2.47. The summed E-state index contributed by atoms with van der Waals surface area (Å²) in [6.07, 6.45) is 5.26. The maximum Gasteiger partial charge on any atom is 0.0958 e. The number of hydrogen-bond acceptors (Lipinski definition) is 3. The van der Waals surface area contributed by atoms with E-state index in [1.54, 1.807) is 0 Å². The maximum atomic E-state index is 9.36. The molecule has 0 aromatic rings. The number of hydrogen-bond donors (Lipinski definition) is 1. The molecule has 3 fully saturated rings. The molecule has 3 rings (SSSR count). The fourth-order valence-electron chi connectivity index (χ4n) is 3.29. The van der Waals surface area contributed by atoms with Gasteiger partial charge in [0.25, 0.3) is 0 Å². The van der Waals surface area contributed by atoms with Crippen molar-refractivity contribution in [2.45, 2.75) is 37.8 Å². The lowest BCUT2D eigenvalue weighted by molar-refractivity contribution is -0.152. The fraction of sp³-hybridized carbons (Fsp3) is 1.00. The van der Waals surface area contributed by atoms with E-state index >= 15 is 0 Å². The van der Waals surface area contributed by atoms with Gasteiger partial charge < -0.3 is 5.11 Å². The summed E-state index contributed by atoms with van der Waals surface area (Å²) in [4.78, 5) is 5.49. The van der Waals surface area contributed by atoms with E-state index in [9.17, 15) is 5.11 Å². The van der Waals surface area contributed by atoms with Crippen LogP contribution < -0.4 is 0 Å². The summed E-state index contributed by atoms with van der Waals surface area (Å²) in [6.45, 7) is 1.24. The minimum Gasteiger partial charge on any atom is -0.389 e. The average Bonchev–Trinajstić information content (AvgIpc) is 2.77. The Kier molecular flexibility index (Phi) is 1.86. The summed E-state index contributed by atoms with van der Waals surface area (Å²) in [6, 6.07) is 0.621. The van der Waals surface area contributed by atoms with Crippen LogP contribution in [0.4, 0.5) is 0 Å². The molecule has 74 valence electrons. The van der Waals surface area contributed by atoms with E-state index in [0.29, 0.717) is 12.6 Å². The molecule has 1 saturated heterocycles. The Labute approximate surface area is 78.6 Å². The van der Waals surface area contributed by atoms with Crippen LogP contribution in [0.1, 0.15) is 25.7 Å². The molecule has 0 amide bonds. The first-order valence-corrected chi connectivity index (χ1v) is 5.40. The second-order valence-corrected chi connectivity index (χ2v) is 4.79. The summed E-state index contributed by atoms with van der Waals surface area (Å²) < 4.78 is 0. The van der Waals surface area contributed by atoms with Gasteiger partial charge in [0.1, 0.15) is 0 Å². The second kappa shape index (κ2) is 2.94. The van der Waals surface area contributed by atoms with Crippen molar-refractivity contribution in [3.63, 3.8) is 0 Å². The van der Waals surface area contributed by atoms with Gasteiger partial charge in [0.2, 0.25) is 0 Å². The summed E-state index contributed by atoms with van der Waals surface area (Å²) in [5.74, 6) is 1.81. The molecule has 0 radical (unpaired) electrons. The zero-order chi connectivity index (χ0) is 8.84. The monoisotopic (exact) mass is 183 g/mol. The maximum absolute atomic E-state index is 9.36. The minimum absolute atomic E-state index is 0.251. The van der Waals surface area contributed by atoms with Gasteiger partial charge in [0.15, 0.2) is 0 Å². The number of fused-ring (bicyclic) bond motifs is 2. The van der Waals surface area contributed by atoms with Crippen molar-refractivity contribution in [2.75, 3.05) is 13.2 Å². The number of hydroxylamine groups is 2. The van der Waals surface area contributed by atoms with Crippen LogP contribution in [0.2, 0.25) is 0 Å². The van der Waals surface area contributed by atoms with Gasteiger partial charge in [-0.05, 0) is 31.1 Å². The van der Waals surface area contributed by atoms with E-state index in [2.05, 4.69) is 5.06 Å². The van der Waals surface area contributed by atoms with Gasteiger partial charge in [0, 0.05) is 6.04 Å². The molecule has 1 heterocycles. The third-order valence-electron chi connectivity index (χ3n) is 3.89. The number of aliphatic hydroxyl groups excluding tert-OH is 1. The summed E-state index contributed by atoms with van der Waals surface area (Å²) in [7, 11) is 0. The molecule has 2 saturated carbocycles. The molecule has 13 heavy (non-hydrogen) atoms. The van der Waals surface area contributed by atoms with Crippen LogP contribution in [-0.2, 0) is 4.84 Å². The van der Waals surface area contributed by atoms with Crippen LogP contribution in [0.3, 0.4) is 0 Å². The average molecular weight is 183 g/mol. The van der Waals surface area contributed by atoms with Crippen LogP contribution in [-0.4, -0.2) is 35.5 Å². The summed E-state index contributed by atoms with van der Waals surface area (Å²) in [5, 5.41) is 11.4. The number of aliphatic hydroxyl groups is 1. The van der Waals surface area contributed by atoms with E-state index in [-0.39, 0.29) is 6.10 Å². The van der Waals surface area contributed by atoms with Gasteiger partial charge in [0.05, 0.1) is 19.3 Å². The van der Waals surface area contributed by atoms with Gasteiger partial charge in [-0.3, -0.25) is 4.84 Å². The Morgan fingerprint density at radius 2 is 2.15 bits per heavy atom. The number of rotatable bonds is 1. The topological polar surface area (TPSA) is 32.7 Å². The molecule has 2 aliphatic carbocycles. The van der Waals surface area contributed by atoms with Gasteiger partial charge in [-0.25, -0.2) is 0 Å². The second-order valence-electron chi connectivity index (χ2n) is 4.79. The van der Waals surface area contributed by atoms with Gasteiger partial charge >= 0.3 is 0 Å². The van der Waals surface area contributed by atoms with Crippen LogP contribution in [0.25, 0.3) is 0 Å². The van der Waals surface area contributed by atoms with Crippen LogP contribution in [0, 0.1) is 11.8 Å². The Morgan fingerprint density at radius 3 is 2.69 bits per heavy atom. The van der Waals surface area contributed by atoms with Crippen molar-refractivity contribution >= 4 is 0 Å². The van der Waals surface area contributed by atoms with Crippen LogP contribution in [0.15, 0.2) is 0 Å². The predicted octanol–water partition coefficient (Wildman–Crippen LogP) is 0.783. The third kappa shape index (κ3) is 1.30. The van der Waals surface area contributed by atoms with E-state index in [0.717, 1.165) is 18.4 Å². The molecular weight excluding hydrogens is 166 g/mol. The molecule has 1 aliphatic heterocycles. The van der Waals surface area contributed by atoms with Crippen molar-refractivity contribution < 1.29 is 9.94 Å². The molecule has 0 aromatic heterocycles. The lowest BCUT2D eigenvalue weighted by atomic mass is 9.95. The van der Waals surface area contributed by atoms with Crippen molar-refractivity contribution in [3.05, 3.63) is 0 Å². The van der Waals surface area contributed by atoms with E-state index in [1.165, 1.54) is 25.7 Å². The molecule has 3 nitrogen and oxygen atoms in total. The zero-order valence-corrected chi connectivity index (χ0v) is 7.85. The first-order valence-electron chi connectivity index (χ1n) is 5.40. The Morgan fingerprint density at radius 1 is 1.23 bits per heavy atom. The summed E-state index contributed by atoms with van der Waals surface area (Å²) in [5.41, 5.74) is 0. The van der Waals surface area contributed by atoms with Crippen molar-refractivity contribution in [3.8, 4) is 0 Å². The largest absolute Gasteiger partial charge is 0.389 e. The predicted molar refractivity (Wildman–Crippen MR) is 47.9 cm³/mol. The van der Waals surface area contributed by atoms with Crippen LogP contribution in [0.5, 0.6) is 0 Å². The third-order valence-corrected chi connectivity index (χ3v) is 3.89. The highest BCUT2D eigenvalue weighted by molar-refractivity contribution is 4.94. The molecule has 3 unspecified atom stereocenters. The van der Waals surface area contributed by atoms with Crippen molar-refractivity contribution in [2.24, 2.45) is 11.8 Å². The Bertz CT molecular complexity index is 209. The molecule has 3 aliphatic rings. The molecule has 2 bridgehead atoms. The van der Waals surface area contributed by atoms with E-state index in [4.69, 9.17) is 4.84 Å². The minimum atomic E-state index is -0.251. The highest BCUT2D eigenvalue weighted by Gasteiger charge is 2.44. The number of β-amino-alcohol motifs (C(OH)–C–C–N with tert-alkyl or cyclic N) is 1. The highest BCUT2D eigenvalue weighted by atomic mass is 16.7. The Hall–Kier alpha value is -0.120. The molecule has 4 atom stereocenters. The fourth-order valence-corrected chi connectivity index (χ4v) is 3.29. The quantitative estimate of drug-likeness (QED) is 0.652. The van der Waals surface area contributed by atoms with Gasteiger partial charge in [-0.2, -0.15) is 5.06 Å². The molecule has 0 aromatic carbocycles. The Balaban J connectivity index is 1.66. The summed E-state index contributed by atoms with van der Waals surface area (Å²) >= 11 is 0. The van der Waals surface area contributed by atoms with Gasteiger partial charge in [-0.1, -0.05) is 6.42 Å². The number of nitrogens with zero attached hydrogens (tertiary/aromatic N) is 1. The molecule has 3 heteroatoms. The first-order chi connectivity index (χ1) is 6.33. The van der Waals surface area contributed by atoms with Crippen LogP contribution >= 0.6 is 0 Å². The van der Waals surface area contributed by atoms with Crippen molar-refractivity contribution in [1.82, 2.24) is 5.06 Å². The normalized spacial score (nSPS) is 50.5. The SMILES string of the molecule is O[C@@H]1CON(C2CC3CCC2C3)C1. The van der Waals surface area contributed by atoms with E-state index in [1.807, 2.05) is 0 Å². The molecule has 0 spiro atoms. The smallest absolute Gasteiger partial charge is 0.0958 e.